The van der Waals surface area contributed by atoms with Crippen molar-refractivity contribution in [3.05, 3.63) is 84.1 Å². The van der Waals surface area contributed by atoms with Crippen LogP contribution in [-0.4, -0.2) is 50.4 Å². The molecule has 4 heterocycles. The monoisotopic (exact) mass is 532 g/mol. The number of imidazole rings is 1. The first kappa shape index (κ1) is 25.3. The summed E-state index contributed by atoms with van der Waals surface area (Å²) in [4.78, 5) is 29.6. The molecule has 200 valence electrons. The van der Waals surface area contributed by atoms with Gasteiger partial charge >= 0.3 is 0 Å². The van der Waals surface area contributed by atoms with Gasteiger partial charge in [0.2, 0.25) is 0 Å². The fourth-order valence-corrected chi connectivity index (χ4v) is 5.26. The molecule has 0 unspecified atom stereocenters. The van der Waals surface area contributed by atoms with Crippen LogP contribution in [-0.2, 0) is 0 Å². The summed E-state index contributed by atoms with van der Waals surface area (Å²) in [5, 5.41) is 15.6. The van der Waals surface area contributed by atoms with E-state index in [9.17, 15) is 4.79 Å². The summed E-state index contributed by atoms with van der Waals surface area (Å²) < 4.78 is 7.94. The van der Waals surface area contributed by atoms with Crippen LogP contribution in [0.4, 0.5) is 11.4 Å². The molecule has 0 spiro atoms. The molecule has 1 aliphatic heterocycles. The maximum absolute atomic E-state index is 13.6. The zero-order valence-electron chi connectivity index (χ0n) is 22.4. The number of ether oxygens (including phenoxy) is 1. The van der Waals surface area contributed by atoms with Gasteiger partial charge < -0.3 is 24.7 Å². The van der Waals surface area contributed by atoms with Gasteiger partial charge in [-0.1, -0.05) is 0 Å². The van der Waals surface area contributed by atoms with E-state index < -0.39 is 0 Å². The van der Waals surface area contributed by atoms with E-state index in [4.69, 9.17) is 10.00 Å². The van der Waals surface area contributed by atoms with Crippen LogP contribution in [0.1, 0.15) is 35.5 Å². The fourth-order valence-electron chi connectivity index (χ4n) is 5.26. The Balaban J connectivity index is 1.33. The summed E-state index contributed by atoms with van der Waals surface area (Å²) in [7, 11) is 0. The largest absolute Gasteiger partial charge is 0.453 e. The van der Waals surface area contributed by atoms with Crippen molar-refractivity contribution >= 4 is 34.0 Å². The van der Waals surface area contributed by atoms with Gasteiger partial charge in [0.15, 0.2) is 11.4 Å². The normalized spacial score (nSPS) is 17.1. The van der Waals surface area contributed by atoms with E-state index in [1.807, 2.05) is 29.7 Å². The van der Waals surface area contributed by atoms with E-state index in [-0.39, 0.29) is 5.91 Å². The molecular formula is C30H28N8O2. The highest BCUT2D eigenvalue weighted by molar-refractivity contribution is 6.13. The minimum absolute atomic E-state index is 0.306. The zero-order valence-corrected chi connectivity index (χ0v) is 22.4. The number of nitriles is 1. The van der Waals surface area contributed by atoms with E-state index in [0.717, 1.165) is 24.5 Å². The lowest BCUT2D eigenvalue weighted by Crippen LogP contribution is -2.54. The highest BCUT2D eigenvalue weighted by Crippen LogP contribution is 2.31. The standard InChI is InChI=1S/C30H28N8O2/c1-18-14-37(15-19(2)34-18)25-9-8-24(27-28(25)33-11-10-32-27)30(39)36-22-12-26(29-35-20(3)16-38(29)17-22)40-23-6-4-21(13-31)5-7-23/h4-12,16-19,34H,14-15H2,1-3H3,(H,36,39)/t18-,19+. The first-order valence-corrected chi connectivity index (χ1v) is 13.1. The number of nitrogens with zero attached hydrogens (tertiary/aromatic N) is 6. The number of carbonyl (C=O) groups is 1. The topological polar surface area (TPSA) is 120 Å². The Hall–Kier alpha value is -5.01. The van der Waals surface area contributed by atoms with Crippen molar-refractivity contribution in [3.8, 4) is 17.6 Å². The molecule has 0 radical (unpaired) electrons. The third kappa shape index (κ3) is 4.90. The van der Waals surface area contributed by atoms with Crippen molar-refractivity contribution in [1.29, 1.82) is 5.26 Å². The molecule has 6 rings (SSSR count). The SMILES string of the molecule is Cc1cn2cc(NC(=O)c3ccc(N4C[C@@H](C)N[C@@H](C)C4)c4nccnc34)cc(Oc3ccc(C#N)cc3)c2n1. The molecule has 3 aromatic heterocycles. The van der Waals surface area contributed by atoms with Crippen molar-refractivity contribution in [2.24, 2.45) is 0 Å². The zero-order chi connectivity index (χ0) is 27.8. The fraction of sp³-hybridized carbons (Fsp3) is 0.233. The maximum atomic E-state index is 13.6. The van der Waals surface area contributed by atoms with Gasteiger partial charge in [0.25, 0.3) is 5.91 Å². The minimum Gasteiger partial charge on any atom is -0.453 e. The summed E-state index contributed by atoms with van der Waals surface area (Å²) in [6.07, 6.45) is 6.92. The van der Waals surface area contributed by atoms with Crippen LogP contribution < -0.4 is 20.3 Å². The van der Waals surface area contributed by atoms with Crippen molar-refractivity contribution < 1.29 is 9.53 Å². The number of benzene rings is 2. The average molecular weight is 533 g/mol. The summed E-state index contributed by atoms with van der Waals surface area (Å²) in [5.74, 6) is 0.718. The molecule has 1 saturated heterocycles. The number of aryl methyl sites for hydroxylation is 1. The smallest absolute Gasteiger partial charge is 0.257 e. The molecule has 1 amide bonds. The van der Waals surface area contributed by atoms with Crippen molar-refractivity contribution in [2.45, 2.75) is 32.9 Å². The molecule has 5 aromatic rings. The number of rotatable bonds is 5. The number of hydrogen-bond donors (Lipinski definition) is 2. The van der Waals surface area contributed by atoms with Crippen molar-refractivity contribution in [3.63, 3.8) is 0 Å². The molecule has 40 heavy (non-hydrogen) atoms. The number of piperazine rings is 1. The number of nitrogens with one attached hydrogen (secondary N) is 2. The molecule has 0 saturated carbocycles. The van der Waals surface area contributed by atoms with Crippen LogP contribution >= 0.6 is 0 Å². The van der Waals surface area contributed by atoms with Gasteiger partial charge in [-0.2, -0.15) is 5.26 Å². The number of amides is 1. The third-order valence-electron chi connectivity index (χ3n) is 6.85. The number of hydrogen-bond acceptors (Lipinski definition) is 8. The lowest BCUT2D eigenvalue weighted by molar-refractivity contribution is 0.102. The van der Waals surface area contributed by atoms with E-state index in [2.05, 4.69) is 50.4 Å². The number of carbonyl (C=O) groups excluding carboxylic acids is 1. The van der Waals surface area contributed by atoms with E-state index >= 15 is 0 Å². The molecule has 10 heteroatoms. The van der Waals surface area contributed by atoms with Gasteiger partial charge in [-0.25, -0.2) is 4.98 Å². The van der Waals surface area contributed by atoms with Crippen LogP contribution in [0.3, 0.4) is 0 Å². The average Bonchev–Trinajstić information content (AvgIpc) is 3.32. The molecule has 1 fully saturated rings. The van der Waals surface area contributed by atoms with Crippen LogP contribution in [0.25, 0.3) is 16.7 Å². The van der Waals surface area contributed by atoms with Gasteiger partial charge in [-0.3, -0.25) is 14.8 Å². The second kappa shape index (κ2) is 10.3. The molecule has 2 N–H and O–H groups in total. The van der Waals surface area contributed by atoms with Gasteiger partial charge in [0.1, 0.15) is 16.8 Å². The summed E-state index contributed by atoms with van der Waals surface area (Å²) in [6.45, 7) is 7.90. The van der Waals surface area contributed by atoms with E-state index in [0.29, 0.717) is 57.1 Å². The highest BCUT2D eigenvalue weighted by atomic mass is 16.5. The van der Waals surface area contributed by atoms with E-state index in [1.54, 1.807) is 48.9 Å². The summed E-state index contributed by atoms with van der Waals surface area (Å²) >= 11 is 0. The van der Waals surface area contributed by atoms with Crippen LogP contribution in [0.2, 0.25) is 0 Å². The Labute approximate surface area is 231 Å². The molecule has 2 atom stereocenters. The first-order valence-electron chi connectivity index (χ1n) is 13.1. The highest BCUT2D eigenvalue weighted by Gasteiger charge is 2.25. The number of anilines is 2. The quantitative estimate of drug-likeness (QED) is 0.335. The van der Waals surface area contributed by atoms with Gasteiger partial charge in [0.05, 0.1) is 34.3 Å². The Morgan fingerprint density at radius 2 is 1.77 bits per heavy atom. The third-order valence-corrected chi connectivity index (χ3v) is 6.85. The Morgan fingerprint density at radius 1 is 1.05 bits per heavy atom. The second-order valence-electron chi connectivity index (χ2n) is 10.2. The summed E-state index contributed by atoms with van der Waals surface area (Å²) in [5.41, 5.74) is 5.13. The summed E-state index contributed by atoms with van der Waals surface area (Å²) in [6, 6.07) is 15.1. The van der Waals surface area contributed by atoms with Crippen molar-refractivity contribution in [2.75, 3.05) is 23.3 Å². The number of aromatic nitrogens is 4. The molecule has 2 aromatic carbocycles. The molecule has 0 bridgehead atoms. The van der Waals surface area contributed by atoms with Gasteiger partial charge in [-0.05, 0) is 57.2 Å². The Morgan fingerprint density at radius 3 is 2.50 bits per heavy atom. The molecule has 1 aliphatic rings. The maximum Gasteiger partial charge on any atom is 0.257 e. The Kier molecular flexibility index (Phi) is 6.50. The van der Waals surface area contributed by atoms with Gasteiger partial charge in [-0.15, -0.1) is 0 Å². The molecule has 0 aliphatic carbocycles. The van der Waals surface area contributed by atoms with Crippen LogP contribution in [0.5, 0.6) is 11.5 Å². The van der Waals surface area contributed by atoms with E-state index in [1.165, 1.54) is 0 Å². The van der Waals surface area contributed by atoms with Crippen LogP contribution in [0.15, 0.2) is 67.3 Å². The van der Waals surface area contributed by atoms with Gasteiger partial charge in [0, 0.05) is 56.0 Å². The van der Waals surface area contributed by atoms with Crippen LogP contribution in [0, 0.1) is 18.3 Å². The Bertz CT molecular complexity index is 1760. The lowest BCUT2D eigenvalue weighted by atomic mass is 10.1. The second-order valence-corrected chi connectivity index (χ2v) is 10.2. The minimum atomic E-state index is -0.306. The lowest BCUT2D eigenvalue weighted by Gasteiger charge is -2.38. The first-order chi connectivity index (χ1) is 19.4. The predicted octanol–water partition coefficient (Wildman–Crippen LogP) is 4.69. The predicted molar refractivity (Wildman–Crippen MR) is 153 cm³/mol. The molecule has 10 nitrogen and oxygen atoms in total. The molecular weight excluding hydrogens is 504 g/mol. The number of fused-ring (bicyclic) bond motifs is 2. The van der Waals surface area contributed by atoms with Crippen molar-refractivity contribution in [1.82, 2.24) is 24.7 Å². The number of pyridine rings is 1.